The van der Waals surface area contributed by atoms with Gasteiger partial charge in [0, 0.05) is 34.9 Å². The van der Waals surface area contributed by atoms with Crippen molar-refractivity contribution in [2.24, 2.45) is 0 Å². The van der Waals surface area contributed by atoms with Crippen LogP contribution in [0, 0.1) is 0 Å². The number of hydrogen-bond donors (Lipinski definition) is 2. The molecule has 2 aromatic carbocycles. The Morgan fingerprint density at radius 2 is 1.93 bits per heavy atom. The average Bonchev–Trinajstić information content (AvgIpc) is 3.22. The molecule has 3 rings (SSSR count). The van der Waals surface area contributed by atoms with Crippen LogP contribution in [-0.2, 0) is 10.0 Å². The van der Waals surface area contributed by atoms with Gasteiger partial charge >= 0.3 is 0 Å². The summed E-state index contributed by atoms with van der Waals surface area (Å²) < 4.78 is 26.9. The van der Waals surface area contributed by atoms with Gasteiger partial charge in [0.1, 0.15) is 5.01 Å². The van der Waals surface area contributed by atoms with E-state index >= 15 is 0 Å². The van der Waals surface area contributed by atoms with Crippen LogP contribution in [0.2, 0.25) is 0 Å². The number of anilines is 1. The van der Waals surface area contributed by atoms with Gasteiger partial charge in [-0.05, 0) is 48.9 Å². The molecule has 0 aliphatic carbocycles. The van der Waals surface area contributed by atoms with E-state index in [2.05, 4.69) is 15.0 Å². The molecule has 8 heteroatoms. The van der Waals surface area contributed by atoms with E-state index in [-0.39, 0.29) is 16.4 Å². The maximum absolute atomic E-state index is 12.5. The van der Waals surface area contributed by atoms with Gasteiger partial charge < -0.3 is 5.32 Å². The van der Waals surface area contributed by atoms with Crippen LogP contribution in [0.5, 0.6) is 0 Å². The smallest absolute Gasteiger partial charge is 0.255 e. The van der Waals surface area contributed by atoms with Gasteiger partial charge in [0.15, 0.2) is 0 Å². The van der Waals surface area contributed by atoms with E-state index in [0.29, 0.717) is 18.7 Å². The summed E-state index contributed by atoms with van der Waals surface area (Å²) in [5.41, 5.74) is 1.87. The van der Waals surface area contributed by atoms with E-state index in [1.807, 2.05) is 24.4 Å². The third kappa shape index (κ3) is 4.79. The first kappa shape index (κ1) is 19.2. The molecule has 0 spiro atoms. The highest BCUT2D eigenvalue weighted by molar-refractivity contribution is 7.89. The minimum absolute atomic E-state index is 0.0720. The van der Waals surface area contributed by atoms with Crippen LogP contribution in [0.3, 0.4) is 0 Å². The van der Waals surface area contributed by atoms with Gasteiger partial charge in [0.2, 0.25) is 10.0 Å². The number of sulfonamides is 1. The molecule has 3 aromatic rings. The number of thiazole rings is 1. The molecule has 27 heavy (non-hydrogen) atoms. The summed E-state index contributed by atoms with van der Waals surface area (Å²) >= 11 is 1.54. The summed E-state index contributed by atoms with van der Waals surface area (Å²) in [6, 6.07) is 13.3. The first-order valence-electron chi connectivity index (χ1n) is 8.40. The molecule has 0 atom stereocenters. The van der Waals surface area contributed by atoms with Crippen molar-refractivity contribution in [3.05, 3.63) is 65.7 Å². The average molecular weight is 402 g/mol. The van der Waals surface area contributed by atoms with Gasteiger partial charge in [0.25, 0.3) is 5.91 Å². The number of carbonyl (C=O) groups excluding carboxylic acids is 1. The van der Waals surface area contributed by atoms with E-state index in [4.69, 9.17) is 0 Å². The van der Waals surface area contributed by atoms with Gasteiger partial charge in [-0.2, -0.15) is 0 Å². The summed E-state index contributed by atoms with van der Waals surface area (Å²) in [6.07, 6.45) is 2.43. The van der Waals surface area contributed by atoms with Gasteiger partial charge in [0.05, 0.1) is 4.90 Å². The Balaban J connectivity index is 1.74. The highest BCUT2D eigenvalue weighted by atomic mass is 32.2. The summed E-state index contributed by atoms with van der Waals surface area (Å²) in [7, 11) is -3.62. The molecular weight excluding hydrogens is 382 g/mol. The van der Waals surface area contributed by atoms with Crippen molar-refractivity contribution in [1.29, 1.82) is 0 Å². The third-order valence-electron chi connectivity index (χ3n) is 3.77. The fourth-order valence-electron chi connectivity index (χ4n) is 2.39. The van der Waals surface area contributed by atoms with Crippen LogP contribution in [0.4, 0.5) is 5.69 Å². The summed E-state index contributed by atoms with van der Waals surface area (Å²) in [5.74, 6) is -0.371. The van der Waals surface area contributed by atoms with E-state index < -0.39 is 10.0 Å². The van der Waals surface area contributed by atoms with Crippen LogP contribution in [0.1, 0.15) is 23.7 Å². The predicted molar refractivity (Wildman–Crippen MR) is 107 cm³/mol. The normalized spacial score (nSPS) is 11.3. The Morgan fingerprint density at radius 1 is 1.15 bits per heavy atom. The fraction of sp³-hybridized carbons (Fsp3) is 0.158. The molecule has 2 N–H and O–H groups in total. The molecule has 0 fully saturated rings. The molecule has 0 saturated heterocycles. The molecule has 0 unspecified atom stereocenters. The number of nitrogens with zero attached hydrogens (tertiary/aromatic N) is 1. The Labute approximate surface area is 162 Å². The fourth-order valence-corrected chi connectivity index (χ4v) is 4.21. The number of aromatic nitrogens is 1. The monoisotopic (exact) mass is 401 g/mol. The highest BCUT2D eigenvalue weighted by Gasteiger charge is 2.15. The Kier molecular flexibility index (Phi) is 6.00. The highest BCUT2D eigenvalue weighted by Crippen LogP contribution is 2.23. The van der Waals surface area contributed by atoms with E-state index in [1.165, 1.54) is 12.1 Å². The lowest BCUT2D eigenvalue weighted by atomic mass is 10.2. The van der Waals surface area contributed by atoms with Crippen LogP contribution < -0.4 is 10.0 Å². The lowest BCUT2D eigenvalue weighted by Gasteiger charge is -2.09. The molecule has 0 bridgehead atoms. The standard InChI is InChI=1S/C19H19N3O3S2/c1-2-10-21-27(24,25)17-5-3-4-15(13-17)18(23)22-16-8-6-14(7-9-16)19-20-11-12-26-19/h3-9,11-13,21H,2,10H2,1H3,(H,22,23). The quantitative estimate of drug-likeness (QED) is 0.631. The van der Waals surface area contributed by atoms with Crippen LogP contribution >= 0.6 is 11.3 Å². The van der Waals surface area contributed by atoms with Gasteiger partial charge in [-0.15, -0.1) is 11.3 Å². The van der Waals surface area contributed by atoms with Gasteiger partial charge in [-0.3, -0.25) is 4.79 Å². The second-order valence-electron chi connectivity index (χ2n) is 5.79. The largest absolute Gasteiger partial charge is 0.322 e. The molecule has 0 saturated carbocycles. The van der Waals surface area contributed by atoms with Crippen LogP contribution in [0.25, 0.3) is 10.6 Å². The van der Waals surface area contributed by atoms with Crippen molar-refractivity contribution in [2.75, 3.05) is 11.9 Å². The first-order chi connectivity index (χ1) is 13.0. The lowest BCUT2D eigenvalue weighted by molar-refractivity contribution is 0.102. The molecule has 1 aromatic heterocycles. The van der Waals surface area contributed by atoms with Crippen LogP contribution in [0.15, 0.2) is 65.0 Å². The van der Waals surface area contributed by atoms with Crippen molar-refractivity contribution in [2.45, 2.75) is 18.2 Å². The molecule has 0 aliphatic rings. The van der Waals surface area contributed by atoms with Crippen molar-refractivity contribution >= 4 is 33.0 Å². The molecule has 6 nitrogen and oxygen atoms in total. The van der Waals surface area contributed by atoms with E-state index in [1.54, 1.807) is 41.8 Å². The maximum atomic E-state index is 12.5. The number of carbonyl (C=O) groups is 1. The van der Waals surface area contributed by atoms with Gasteiger partial charge in [-0.1, -0.05) is 13.0 Å². The Hall–Kier alpha value is -2.55. The molecule has 0 radical (unpaired) electrons. The second kappa shape index (κ2) is 8.43. The predicted octanol–water partition coefficient (Wildman–Crippen LogP) is 3.75. The SMILES string of the molecule is CCCNS(=O)(=O)c1cccc(C(=O)Nc2ccc(-c3nccs3)cc2)c1. The number of nitrogens with one attached hydrogen (secondary N) is 2. The third-order valence-corrected chi connectivity index (χ3v) is 6.05. The minimum atomic E-state index is -3.62. The summed E-state index contributed by atoms with van der Waals surface area (Å²) in [5, 5.41) is 5.59. The summed E-state index contributed by atoms with van der Waals surface area (Å²) in [4.78, 5) is 16.8. The number of benzene rings is 2. The number of rotatable bonds is 7. The maximum Gasteiger partial charge on any atom is 0.255 e. The molecule has 140 valence electrons. The Bertz CT molecular complexity index is 1010. The van der Waals surface area contributed by atoms with Crippen molar-refractivity contribution in [3.63, 3.8) is 0 Å². The molecule has 0 aliphatic heterocycles. The van der Waals surface area contributed by atoms with E-state index in [9.17, 15) is 13.2 Å². The van der Waals surface area contributed by atoms with E-state index in [0.717, 1.165) is 10.6 Å². The summed E-state index contributed by atoms with van der Waals surface area (Å²) in [6.45, 7) is 2.23. The number of hydrogen-bond acceptors (Lipinski definition) is 5. The Morgan fingerprint density at radius 3 is 2.59 bits per heavy atom. The number of amides is 1. The second-order valence-corrected chi connectivity index (χ2v) is 8.46. The lowest BCUT2D eigenvalue weighted by Crippen LogP contribution is -2.24. The van der Waals surface area contributed by atoms with Crippen molar-refractivity contribution in [3.8, 4) is 10.6 Å². The topological polar surface area (TPSA) is 88.2 Å². The zero-order chi connectivity index (χ0) is 19.3. The molecule has 1 heterocycles. The molecular formula is C19H19N3O3S2. The zero-order valence-electron chi connectivity index (χ0n) is 14.7. The van der Waals surface area contributed by atoms with Crippen molar-refractivity contribution in [1.82, 2.24) is 9.71 Å². The molecule has 1 amide bonds. The first-order valence-corrected chi connectivity index (χ1v) is 10.8. The van der Waals surface area contributed by atoms with Gasteiger partial charge in [-0.25, -0.2) is 18.1 Å². The minimum Gasteiger partial charge on any atom is -0.322 e. The van der Waals surface area contributed by atoms with Crippen molar-refractivity contribution < 1.29 is 13.2 Å². The van der Waals surface area contributed by atoms with Crippen LogP contribution in [-0.4, -0.2) is 25.9 Å². The zero-order valence-corrected chi connectivity index (χ0v) is 16.3.